The minimum atomic E-state index is -0.924. The molecule has 94 valence electrons. The zero-order valence-electron chi connectivity index (χ0n) is 9.70. The van der Waals surface area contributed by atoms with Crippen molar-refractivity contribution in [1.82, 2.24) is 4.98 Å². The van der Waals surface area contributed by atoms with Gasteiger partial charge >= 0.3 is 0 Å². The quantitative estimate of drug-likeness (QED) is 0.792. The molecule has 0 aromatic carbocycles. The fourth-order valence-corrected chi connectivity index (χ4v) is 2.75. The van der Waals surface area contributed by atoms with Crippen LogP contribution >= 0.6 is 25.2 Å². The molecule has 1 aliphatic heterocycles. The van der Waals surface area contributed by atoms with Gasteiger partial charge in [-0.1, -0.05) is 0 Å². The molecule has 1 aliphatic rings. The van der Waals surface area contributed by atoms with E-state index in [1.165, 1.54) is 19.3 Å². The molecule has 2 atom stereocenters. The fraction of sp³-hybridized carbons (Fsp3) is 0.583. The molecule has 0 spiro atoms. The van der Waals surface area contributed by atoms with Crippen molar-refractivity contribution in [3.63, 3.8) is 0 Å². The van der Waals surface area contributed by atoms with Gasteiger partial charge in [0, 0.05) is 30.2 Å². The monoisotopic (exact) mass is 318 g/mol. The molecule has 5 heteroatoms. The number of halogens is 2. The summed E-state index contributed by atoms with van der Waals surface area (Å²) in [6.45, 7) is 2.11. The molecule has 1 aromatic rings. The summed E-state index contributed by atoms with van der Waals surface area (Å²) in [5.74, 6) is -0.924. The lowest BCUT2D eigenvalue weighted by atomic mass is 10.1. The molecule has 2 heterocycles. The normalized spacial score (nSPS) is 18.2. The summed E-state index contributed by atoms with van der Waals surface area (Å²) in [4.78, 5) is 6.67. The molecule has 2 unspecified atom stereocenters. The van der Waals surface area contributed by atoms with Crippen molar-refractivity contribution in [2.45, 2.75) is 31.6 Å². The summed E-state index contributed by atoms with van der Waals surface area (Å²) in [6.07, 6.45) is 5.83. The van der Waals surface area contributed by atoms with Crippen molar-refractivity contribution < 1.29 is 4.39 Å². The summed E-state index contributed by atoms with van der Waals surface area (Å²) in [7, 11) is 2.19. The van der Waals surface area contributed by atoms with Gasteiger partial charge in [0.2, 0.25) is 0 Å². The zero-order chi connectivity index (χ0) is 12.3. The van der Waals surface area contributed by atoms with Crippen LogP contribution in [0.25, 0.3) is 0 Å². The van der Waals surface area contributed by atoms with Crippen LogP contribution in [0.3, 0.4) is 0 Å². The maximum atomic E-state index is 13.1. The average Bonchev–Trinajstić information content (AvgIpc) is 2.32. The highest BCUT2D eigenvalue weighted by molar-refractivity contribution is 9.10. The summed E-state index contributed by atoms with van der Waals surface area (Å²) in [5, 5.41) is 0. The fourth-order valence-electron chi connectivity index (χ4n) is 2.21. The largest absolute Gasteiger partial charge is 0.370 e. The average molecular weight is 319 g/mol. The molecule has 1 saturated heterocycles. The predicted molar refractivity (Wildman–Crippen MR) is 76.3 cm³/mol. The van der Waals surface area contributed by atoms with Crippen molar-refractivity contribution >= 4 is 30.9 Å². The molecule has 0 N–H and O–H groups in total. The lowest BCUT2D eigenvalue weighted by Crippen LogP contribution is -2.30. The van der Waals surface area contributed by atoms with E-state index < -0.39 is 5.91 Å². The molecule has 0 saturated carbocycles. The Morgan fingerprint density at radius 3 is 2.76 bits per heavy atom. The van der Waals surface area contributed by atoms with Crippen LogP contribution in [0.4, 0.5) is 10.1 Å². The molecular formula is C12H17BrFN2P. The standard InChI is InChI=1S/C12H17BrFN2P/c13-9-6-11(16-4-2-1-3-5-16)10(15-8-9)7-12(14)17/h6,8,12H,1-5,7,17H2. The highest BCUT2D eigenvalue weighted by atomic mass is 79.9. The van der Waals surface area contributed by atoms with Crippen molar-refractivity contribution in [3.8, 4) is 0 Å². The minimum absolute atomic E-state index is 0.365. The predicted octanol–water partition coefficient (Wildman–Crippen LogP) is 3.55. The summed E-state index contributed by atoms with van der Waals surface area (Å²) < 4.78 is 14.1. The van der Waals surface area contributed by atoms with Crippen LogP contribution in [-0.2, 0) is 6.42 Å². The Labute approximate surface area is 112 Å². The zero-order valence-corrected chi connectivity index (χ0v) is 12.4. The van der Waals surface area contributed by atoms with Crippen LogP contribution in [0.5, 0.6) is 0 Å². The van der Waals surface area contributed by atoms with Gasteiger partial charge in [-0.2, -0.15) is 0 Å². The number of piperidine rings is 1. The third-order valence-corrected chi connectivity index (χ3v) is 3.67. The van der Waals surface area contributed by atoms with Crippen LogP contribution in [0.15, 0.2) is 16.7 Å². The molecule has 0 amide bonds. The van der Waals surface area contributed by atoms with Gasteiger partial charge < -0.3 is 4.90 Å². The Balaban J connectivity index is 2.25. The number of aromatic nitrogens is 1. The number of anilines is 1. The molecule has 0 aliphatic carbocycles. The lowest BCUT2D eigenvalue weighted by molar-refractivity contribution is 0.446. The van der Waals surface area contributed by atoms with Crippen molar-refractivity contribution in [2.75, 3.05) is 18.0 Å². The minimum Gasteiger partial charge on any atom is -0.370 e. The van der Waals surface area contributed by atoms with Crippen LogP contribution in [0.1, 0.15) is 25.0 Å². The Hall–Kier alpha value is -0.210. The molecule has 0 radical (unpaired) electrons. The molecule has 17 heavy (non-hydrogen) atoms. The van der Waals surface area contributed by atoms with Crippen LogP contribution in [0.2, 0.25) is 0 Å². The first-order valence-corrected chi connectivity index (χ1v) is 7.42. The smallest absolute Gasteiger partial charge is 0.119 e. The van der Waals surface area contributed by atoms with Crippen molar-refractivity contribution in [1.29, 1.82) is 0 Å². The van der Waals surface area contributed by atoms with E-state index in [1.54, 1.807) is 6.20 Å². The molecule has 2 rings (SSSR count). The summed E-state index contributed by atoms with van der Waals surface area (Å²) in [6, 6.07) is 2.06. The van der Waals surface area contributed by atoms with Gasteiger partial charge in [-0.25, -0.2) is 4.39 Å². The first kappa shape index (κ1) is 13.2. The number of nitrogens with zero attached hydrogens (tertiary/aromatic N) is 2. The number of pyridine rings is 1. The first-order chi connectivity index (χ1) is 8.16. The molecule has 1 fully saturated rings. The number of alkyl halides is 1. The van der Waals surface area contributed by atoms with Gasteiger partial charge in [0.25, 0.3) is 0 Å². The topological polar surface area (TPSA) is 16.1 Å². The van der Waals surface area contributed by atoms with Crippen molar-refractivity contribution in [3.05, 3.63) is 22.4 Å². The van der Waals surface area contributed by atoms with E-state index in [2.05, 4.69) is 41.1 Å². The first-order valence-electron chi connectivity index (χ1n) is 5.96. The molecule has 2 nitrogen and oxygen atoms in total. The second-order valence-electron chi connectivity index (χ2n) is 4.39. The number of hydrogen-bond acceptors (Lipinski definition) is 2. The molecule has 1 aromatic heterocycles. The Morgan fingerprint density at radius 2 is 2.12 bits per heavy atom. The van der Waals surface area contributed by atoms with E-state index in [4.69, 9.17) is 0 Å². The van der Waals surface area contributed by atoms with E-state index in [0.717, 1.165) is 28.9 Å². The van der Waals surface area contributed by atoms with E-state index in [9.17, 15) is 4.39 Å². The second-order valence-corrected chi connectivity index (χ2v) is 6.03. The van der Waals surface area contributed by atoms with Crippen LogP contribution in [0, 0.1) is 0 Å². The Kier molecular flexibility index (Phi) is 4.75. The van der Waals surface area contributed by atoms with E-state index >= 15 is 0 Å². The Bertz CT molecular complexity index is 381. The van der Waals surface area contributed by atoms with E-state index in [-0.39, 0.29) is 0 Å². The lowest BCUT2D eigenvalue weighted by Gasteiger charge is -2.30. The van der Waals surface area contributed by atoms with E-state index in [0.29, 0.717) is 6.42 Å². The van der Waals surface area contributed by atoms with E-state index in [1.807, 2.05) is 0 Å². The molecule has 0 bridgehead atoms. The second kappa shape index (κ2) is 6.10. The highest BCUT2D eigenvalue weighted by Gasteiger charge is 2.17. The maximum absolute atomic E-state index is 13.1. The van der Waals surface area contributed by atoms with Crippen LogP contribution in [-0.4, -0.2) is 24.0 Å². The van der Waals surface area contributed by atoms with Gasteiger partial charge in [-0.3, -0.25) is 4.98 Å². The number of hydrogen-bond donors (Lipinski definition) is 0. The highest BCUT2D eigenvalue weighted by Crippen LogP contribution is 2.28. The third kappa shape index (κ3) is 3.62. The SMILES string of the molecule is FC(P)Cc1ncc(Br)cc1N1CCCCC1. The molecular weight excluding hydrogens is 302 g/mol. The van der Waals surface area contributed by atoms with Gasteiger partial charge in [-0.05, 0) is 41.3 Å². The summed E-state index contributed by atoms with van der Waals surface area (Å²) in [5.41, 5.74) is 1.95. The van der Waals surface area contributed by atoms with Gasteiger partial charge in [0.05, 0.1) is 11.4 Å². The Morgan fingerprint density at radius 1 is 1.41 bits per heavy atom. The number of rotatable bonds is 3. The maximum Gasteiger partial charge on any atom is 0.119 e. The van der Waals surface area contributed by atoms with Gasteiger partial charge in [-0.15, -0.1) is 9.24 Å². The summed E-state index contributed by atoms with van der Waals surface area (Å²) >= 11 is 3.44. The van der Waals surface area contributed by atoms with Crippen LogP contribution < -0.4 is 4.90 Å². The van der Waals surface area contributed by atoms with Gasteiger partial charge in [0.15, 0.2) is 0 Å². The third-order valence-electron chi connectivity index (χ3n) is 3.00. The van der Waals surface area contributed by atoms with Gasteiger partial charge in [0.1, 0.15) is 5.91 Å². The van der Waals surface area contributed by atoms with Crippen molar-refractivity contribution in [2.24, 2.45) is 0 Å².